The van der Waals surface area contributed by atoms with E-state index in [2.05, 4.69) is 23.1 Å². The van der Waals surface area contributed by atoms with Gasteiger partial charge in [0, 0.05) is 12.8 Å². The molecule has 0 spiro atoms. The van der Waals surface area contributed by atoms with Gasteiger partial charge in [0.15, 0.2) is 0 Å². The Morgan fingerprint density at radius 2 is 1.32 bits per heavy atom. The van der Waals surface area contributed by atoms with Gasteiger partial charge in [-0.25, -0.2) is 0 Å². The first-order valence-corrected chi connectivity index (χ1v) is 7.56. The van der Waals surface area contributed by atoms with Gasteiger partial charge in [0.2, 0.25) is 5.91 Å². The number of carboxylic acids is 1. The van der Waals surface area contributed by atoms with Gasteiger partial charge in [0.1, 0.15) is 25.4 Å². The minimum Gasteiger partial charge on any atom is -0.481 e. The van der Waals surface area contributed by atoms with Crippen molar-refractivity contribution < 1.29 is 28.9 Å². The third-order valence-corrected chi connectivity index (χ3v) is 2.89. The Morgan fingerprint density at radius 1 is 0.880 bits per heavy atom. The second kappa shape index (κ2) is 13.9. The molecule has 0 rings (SSSR count). The summed E-state index contributed by atoms with van der Waals surface area (Å²) in [7, 11) is 0. The standard InChI is InChI=1S/C18H23NO6/c1-4-10-23-13-18(14-24-11-5-2,15-25-12-6-3)19-16(20)8-7-9-17(21)22/h1-3H,7-15H2,(H,19,20)(H,21,22). The summed E-state index contributed by atoms with van der Waals surface area (Å²) in [6.45, 7) is 0.202. The molecule has 0 aliphatic carbocycles. The van der Waals surface area contributed by atoms with E-state index in [1.54, 1.807) is 0 Å². The van der Waals surface area contributed by atoms with Gasteiger partial charge in [0.25, 0.3) is 0 Å². The zero-order chi connectivity index (χ0) is 19.0. The number of ether oxygens (including phenoxy) is 3. The number of carbonyl (C=O) groups is 2. The van der Waals surface area contributed by atoms with Crippen LogP contribution in [0.2, 0.25) is 0 Å². The van der Waals surface area contributed by atoms with Crippen molar-refractivity contribution in [1.29, 1.82) is 0 Å². The molecule has 0 aromatic heterocycles. The van der Waals surface area contributed by atoms with E-state index in [0.717, 1.165) is 0 Å². The van der Waals surface area contributed by atoms with Crippen LogP contribution in [0.3, 0.4) is 0 Å². The van der Waals surface area contributed by atoms with Crippen LogP contribution in [0.4, 0.5) is 0 Å². The van der Waals surface area contributed by atoms with E-state index in [9.17, 15) is 9.59 Å². The van der Waals surface area contributed by atoms with E-state index in [1.807, 2.05) is 0 Å². The van der Waals surface area contributed by atoms with E-state index in [0.29, 0.717) is 0 Å². The molecular formula is C18H23NO6. The summed E-state index contributed by atoms with van der Waals surface area (Å²) >= 11 is 0. The normalized spacial score (nSPS) is 10.3. The van der Waals surface area contributed by atoms with Crippen LogP contribution < -0.4 is 5.32 Å². The number of amides is 1. The van der Waals surface area contributed by atoms with Crippen molar-refractivity contribution in [3.63, 3.8) is 0 Å². The number of terminal acetylenes is 3. The quantitative estimate of drug-likeness (QED) is 0.340. The van der Waals surface area contributed by atoms with E-state index >= 15 is 0 Å². The van der Waals surface area contributed by atoms with Crippen molar-refractivity contribution in [3.8, 4) is 37.0 Å². The fourth-order valence-electron chi connectivity index (χ4n) is 1.91. The molecule has 0 heterocycles. The van der Waals surface area contributed by atoms with E-state index in [-0.39, 0.29) is 64.8 Å². The van der Waals surface area contributed by atoms with Gasteiger partial charge < -0.3 is 24.6 Å². The summed E-state index contributed by atoms with van der Waals surface area (Å²) in [5, 5.41) is 11.4. The number of aliphatic carboxylic acids is 1. The average molecular weight is 349 g/mol. The monoisotopic (exact) mass is 349 g/mol. The molecule has 0 aromatic rings. The van der Waals surface area contributed by atoms with Crippen LogP contribution in [-0.2, 0) is 23.8 Å². The molecule has 0 aliphatic heterocycles. The molecule has 0 aromatic carbocycles. The molecule has 136 valence electrons. The van der Waals surface area contributed by atoms with Gasteiger partial charge in [-0.15, -0.1) is 19.3 Å². The van der Waals surface area contributed by atoms with E-state index in [1.165, 1.54) is 0 Å². The maximum atomic E-state index is 12.1. The lowest BCUT2D eigenvalue weighted by atomic mass is 10.0. The first-order valence-electron chi connectivity index (χ1n) is 7.56. The number of rotatable bonds is 14. The van der Waals surface area contributed by atoms with Crippen LogP contribution in [0, 0.1) is 37.0 Å². The topological polar surface area (TPSA) is 94.1 Å². The Hall–Kier alpha value is -2.50. The predicted molar refractivity (Wildman–Crippen MR) is 91.3 cm³/mol. The minimum absolute atomic E-state index is 0.0248. The summed E-state index contributed by atoms with van der Waals surface area (Å²) in [4.78, 5) is 22.7. The van der Waals surface area contributed by atoms with Gasteiger partial charge in [-0.3, -0.25) is 9.59 Å². The molecular weight excluding hydrogens is 326 g/mol. The number of carbonyl (C=O) groups excluding carboxylic acids is 1. The van der Waals surface area contributed by atoms with Crippen LogP contribution in [0.5, 0.6) is 0 Å². The Bertz CT molecular complexity index is 487. The summed E-state index contributed by atoms with van der Waals surface area (Å²) in [6, 6.07) is 0. The molecule has 0 saturated heterocycles. The summed E-state index contributed by atoms with van der Waals surface area (Å²) in [5.41, 5.74) is -1.04. The third kappa shape index (κ3) is 11.6. The van der Waals surface area contributed by atoms with Crippen LogP contribution in [0.25, 0.3) is 0 Å². The van der Waals surface area contributed by atoms with Crippen LogP contribution >= 0.6 is 0 Å². The summed E-state index contributed by atoms with van der Waals surface area (Å²) in [6.07, 6.45) is 15.6. The first-order chi connectivity index (χ1) is 12.0. The lowest BCUT2D eigenvalue weighted by molar-refractivity contribution is -0.137. The minimum atomic E-state index is -1.04. The summed E-state index contributed by atoms with van der Waals surface area (Å²) in [5.74, 6) is 5.66. The second-order valence-electron chi connectivity index (χ2n) is 5.17. The van der Waals surface area contributed by atoms with Crippen molar-refractivity contribution in [1.82, 2.24) is 5.32 Å². The maximum Gasteiger partial charge on any atom is 0.303 e. The van der Waals surface area contributed by atoms with Crippen LogP contribution in [0.15, 0.2) is 0 Å². The molecule has 0 radical (unpaired) electrons. The van der Waals surface area contributed by atoms with Crippen LogP contribution in [0.1, 0.15) is 19.3 Å². The zero-order valence-corrected chi connectivity index (χ0v) is 14.1. The van der Waals surface area contributed by atoms with Gasteiger partial charge in [-0.05, 0) is 6.42 Å². The number of hydrogen-bond acceptors (Lipinski definition) is 5. The van der Waals surface area contributed by atoms with E-state index in [4.69, 9.17) is 38.6 Å². The highest BCUT2D eigenvalue weighted by Crippen LogP contribution is 2.10. The molecule has 0 saturated carbocycles. The van der Waals surface area contributed by atoms with Crippen molar-refractivity contribution in [2.24, 2.45) is 0 Å². The molecule has 7 heteroatoms. The van der Waals surface area contributed by atoms with Gasteiger partial charge in [0.05, 0.1) is 19.8 Å². The molecule has 25 heavy (non-hydrogen) atoms. The van der Waals surface area contributed by atoms with Gasteiger partial charge in [-0.2, -0.15) is 0 Å². The van der Waals surface area contributed by atoms with Crippen molar-refractivity contribution >= 4 is 11.9 Å². The fraction of sp³-hybridized carbons (Fsp3) is 0.556. The van der Waals surface area contributed by atoms with Crippen molar-refractivity contribution in [3.05, 3.63) is 0 Å². The highest BCUT2D eigenvalue weighted by molar-refractivity contribution is 5.77. The first kappa shape index (κ1) is 22.5. The molecule has 0 fully saturated rings. The second-order valence-corrected chi connectivity index (χ2v) is 5.17. The lowest BCUT2D eigenvalue weighted by Crippen LogP contribution is -2.58. The molecule has 0 aliphatic rings. The van der Waals surface area contributed by atoms with E-state index < -0.39 is 11.5 Å². The van der Waals surface area contributed by atoms with Crippen molar-refractivity contribution in [2.45, 2.75) is 24.8 Å². The maximum absolute atomic E-state index is 12.1. The van der Waals surface area contributed by atoms with Gasteiger partial charge in [-0.1, -0.05) is 17.8 Å². The summed E-state index contributed by atoms with van der Waals surface area (Å²) < 4.78 is 16.0. The molecule has 0 bridgehead atoms. The molecule has 1 amide bonds. The average Bonchev–Trinajstić information content (AvgIpc) is 2.55. The SMILES string of the molecule is C#CCOCC(COCC#C)(COCC#C)NC(=O)CCCC(=O)O. The Kier molecular flexibility index (Phi) is 12.5. The molecule has 0 unspecified atom stereocenters. The third-order valence-electron chi connectivity index (χ3n) is 2.89. The van der Waals surface area contributed by atoms with Crippen LogP contribution in [-0.4, -0.2) is 62.2 Å². The lowest BCUT2D eigenvalue weighted by Gasteiger charge is -2.33. The fourth-order valence-corrected chi connectivity index (χ4v) is 1.91. The zero-order valence-electron chi connectivity index (χ0n) is 14.1. The Balaban J connectivity index is 4.94. The van der Waals surface area contributed by atoms with Crippen molar-refractivity contribution in [2.75, 3.05) is 39.6 Å². The number of hydrogen-bond donors (Lipinski definition) is 2. The molecule has 0 atom stereocenters. The van der Waals surface area contributed by atoms with Gasteiger partial charge >= 0.3 is 5.97 Å². The smallest absolute Gasteiger partial charge is 0.303 e. The predicted octanol–water partition coefficient (Wildman–Crippen LogP) is 0.0457. The highest BCUT2D eigenvalue weighted by atomic mass is 16.5. The molecule has 7 nitrogen and oxygen atoms in total. The Labute approximate surface area is 148 Å². The largest absolute Gasteiger partial charge is 0.481 e. The number of nitrogens with one attached hydrogen (secondary N) is 1. The molecule has 2 N–H and O–H groups in total. The highest BCUT2D eigenvalue weighted by Gasteiger charge is 2.33. The Morgan fingerprint density at radius 3 is 1.68 bits per heavy atom. The number of carboxylic acid groups (broad SMARTS) is 1.